The fourth-order valence-corrected chi connectivity index (χ4v) is 4.19. The van der Waals surface area contributed by atoms with Crippen LogP contribution in [-0.4, -0.2) is 10.7 Å². The molecule has 2 aromatic rings. The largest absolute Gasteiger partial charge is 0.378 e. The van der Waals surface area contributed by atoms with Gasteiger partial charge in [0.05, 0.1) is 11.0 Å². The molecule has 1 aliphatic heterocycles. The lowest BCUT2D eigenvalue weighted by Gasteiger charge is -2.37. The molecule has 1 heterocycles. The lowest BCUT2D eigenvalue weighted by Crippen LogP contribution is -2.29. The van der Waals surface area contributed by atoms with E-state index in [2.05, 4.69) is 17.5 Å². The summed E-state index contributed by atoms with van der Waals surface area (Å²) in [6.07, 6.45) is 5.19. The minimum absolute atomic E-state index is 0.0433. The Morgan fingerprint density at radius 3 is 2.81 bits per heavy atom. The molecule has 2 aliphatic rings. The maximum Gasteiger partial charge on any atom is 0.288 e. The molecule has 1 aliphatic carbocycles. The van der Waals surface area contributed by atoms with Crippen LogP contribution in [0.2, 0.25) is 5.02 Å². The fraction of sp³-hybridized carbons (Fsp3) is 0.250. The Balaban J connectivity index is 1.78. The Kier molecular flexibility index (Phi) is 4.04. The van der Waals surface area contributed by atoms with Crippen LogP contribution in [0.15, 0.2) is 48.6 Å². The number of carbonyl (C=O) groups excluding carboxylic acids is 1. The molecule has 0 saturated heterocycles. The fourth-order valence-electron chi connectivity index (χ4n) is 4.01. The summed E-state index contributed by atoms with van der Waals surface area (Å²) in [6, 6.07) is 10.6. The van der Waals surface area contributed by atoms with E-state index >= 15 is 0 Å². The second kappa shape index (κ2) is 6.25. The predicted molar refractivity (Wildman–Crippen MR) is 101 cm³/mol. The normalized spacial score (nSPS) is 23.1. The number of nitro groups is 1. The van der Waals surface area contributed by atoms with Crippen LogP contribution in [0.3, 0.4) is 0 Å². The van der Waals surface area contributed by atoms with Gasteiger partial charge in [-0.1, -0.05) is 29.8 Å². The summed E-state index contributed by atoms with van der Waals surface area (Å²) in [5.41, 5.74) is 3.54. The molecule has 0 bridgehead atoms. The van der Waals surface area contributed by atoms with Crippen molar-refractivity contribution in [2.75, 3.05) is 5.32 Å². The molecular formula is C20H17ClN2O3. The zero-order valence-corrected chi connectivity index (χ0v) is 14.9. The second-order valence-electron chi connectivity index (χ2n) is 6.80. The van der Waals surface area contributed by atoms with Crippen molar-refractivity contribution in [3.63, 3.8) is 0 Å². The molecule has 26 heavy (non-hydrogen) atoms. The van der Waals surface area contributed by atoms with E-state index in [1.165, 1.54) is 0 Å². The molecule has 1 N–H and O–H groups in total. The van der Waals surface area contributed by atoms with Crippen molar-refractivity contribution < 1.29 is 9.72 Å². The summed E-state index contributed by atoms with van der Waals surface area (Å²) in [7, 11) is 0. The van der Waals surface area contributed by atoms with Crippen molar-refractivity contribution in [2.45, 2.75) is 25.3 Å². The van der Waals surface area contributed by atoms with E-state index in [1.54, 1.807) is 19.1 Å². The number of Topliss-reactive ketones (excluding diaryl/α,β-unsaturated/α-hetero) is 1. The minimum Gasteiger partial charge on any atom is -0.378 e. The number of hydrogen-bond donors (Lipinski definition) is 1. The van der Waals surface area contributed by atoms with Crippen LogP contribution in [0.1, 0.15) is 46.8 Å². The Morgan fingerprint density at radius 1 is 1.27 bits per heavy atom. The Labute approximate surface area is 155 Å². The van der Waals surface area contributed by atoms with Crippen LogP contribution in [0.4, 0.5) is 11.4 Å². The maximum absolute atomic E-state index is 11.7. The van der Waals surface area contributed by atoms with Gasteiger partial charge in [-0.3, -0.25) is 14.9 Å². The van der Waals surface area contributed by atoms with Gasteiger partial charge in [-0.05, 0) is 54.7 Å². The van der Waals surface area contributed by atoms with Crippen LogP contribution >= 0.6 is 11.6 Å². The van der Waals surface area contributed by atoms with Crippen LogP contribution < -0.4 is 5.32 Å². The summed E-state index contributed by atoms with van der Waals surface area (Å²) >= 11 is 5.96. The van der Waals surface area contributed by atoms with E-state index in [0.29, 0.717) is 5.56 Å². The third-order valence-electron chi connectivity index (χ3n) is 5.30. The first-order chi connectivity index (χ1) is 12.5. The van der Waals surface area contributed by atoms with Gasteiger partial charge in [-0.25, -0.2) is 0 Å². The van der Waals surface area contributed by atoms with Crippen LogP contribution in [0, 0.1) is 16.0 Å². The number of nitro benzene ring substituents is 1. The molecule has 5 nitrogen and oxygen atoms in total. The molecule has 3 atom stereocenters. The van der Waals surface area contributed by atoms with E-state index < -0.39 is 4.92 Å². The van der Waals surface area contributed by atoms with Gasteiger partial charge in [-0.15, -0.1) is 0 Å². The topological polar surface area (TPSA) is 72.2 Å². The summed E-state index contributed by atoms with van der Waals surface area (Å²) in [5.74, 6) is 0.470. The van der Waals surface area contributed by atoms with E-state index in [1.807, 2.05) is 24.3 Å². The van der Waals surface area contributed by atoms with Crippen molar-refractivity contribution in [1.29, 1.82) is 0 Å². The van der Waals surface area contributed by atoms with E-state index in [0.717, 1.165) is 23.2 Å². The number of ketones is 1. The molecule has 0 aromatic heterocycles. The Bertz CT molecular complexity index is 954. The minimum atomic E-state index is -0.452. The van der Waals surface area contributed by atoms with Crippen LogP contribution in [-0.2, 0) is 0 Å². The van der Waals surface area contributed by atoms with Crippen molar-refractivity contribution in [1.82, 2.24) is 0 Å². The van der Waals surface area contributed by atoms with Gasteiger partial charge < -0.3 is 5.32 Å². The number of hydrogen-bond acceptors (Lipinski definition) is 4. The van der Waals surface area contributed by atoms with Gasteiger partial charge in [0.15, 0.2) is 5.78 Å². The van der Waals surface area contributed by atoms with Gasteiger partial charge in [-0.2, -0.15) is 0 Å². The molecule has 0 radical (unpaired) electrons. The first-order valence-corrected chi connectivity index (χ1v) is 8.85. The molecule has 0 fully saturated rings. The third kappa shape index (κ3) is 2.69. The highest BCUT2D eigenvalue weighted by molar-refractivity contribution is 6.32. The van der Waals surface area contributed by atoms with Gasteiger partial charge >= 0.3 is 0 Å². The number of rotatable bonds is 3. The SMILES string of the molecule is CC(=O)c1ccc2c(c1)C1C=CCC1C(c1ccc(Cl)c([N+](=O)[O-])c1)N2. The third-order valence-corrected chi connectivity index (χ3v) is 5.61. The highest BCUT2D eigenvalue weighted by Crippen LogP contribution is 2.50. The van der Waals surface area contributed by atoms with Crippen LogP contribution in [0.5, 0.6) is 0 Å². The predicted octanol–water partition coefficient (Wildman–Crippen LogP) is 5.28. The molecule has 0 amide bonds. The van der Waals surface area contributed by atoms with Crippen molar-refractivity contribution in [2.24, 2.45) is 5.92 Å². The van der Waals surface area contributed by atoms with Gasteiger partial charge in [0, 0.05) is 23.2 Å². The summed E-state index contributed by atoms with van der Waals surface area (Å²) in [6.45, 7) is 1.57. The molecule has 132 valence electrons. The highest BCUT2D eigenvalue weighted by Gasteiger charge is 2.38. The average Bonchev–Trinajstić information content (AvgIpc) is 3.11. The molecule has 4 rings (SSSR count). The molecule has 3 unspecified atom stereocenters. The number of benzene rings is 2. The van der Waals surface area contributed by atoms with Crippen molar-refractivity contribution in [3.8, 4) is 0 Å². The smallest absolute Gasteiger partial charge is 0.288 e. The molecule has 0 spiro atoms. The first kappa shape index (κ1) is 16.8. The van der Waals surface area contributed by atoms with Crippen molar-refractivity contribution >= 4 is 28.8 Å². The quantitative estimate of drug-likeness (QED) is 0.346. The summed E-state index contributed by atoms with van der Waals surface area (Å²) in [5, 5.41) is 14.9. The van der Waals surface area contributed by atoms with Gasteiger partial charge in [0.1, 0.15) is 5.02 Å². The molecule has 0 saturated carbocycles. The lowest BCUT2D eigenvalue weighted by molar-refractivity contribution is -0.384. The summed E-state index contributed by atoms with van der Waals surface area (Å²) in [4.78, 5) is 22.5. The number of nitrogens with one attached hydrogen (secondary N) is 1. The Morgan fingerprint density at radius 2 is 2.08 bits per heavy atom. The number of halogens is 1. The monoisotopic (exact) mass is 368 g/mol. The number of nitrogens with zero attached hydrogens (tertiary/aromatic N) is 1. The molecule has 6 heteroatoms. The number of allylic oxidation sites excluding steroid dienone is 2. The van der Waals surface area contributed by atoms with E-state index in [4.69, 9.17) is 11.6 Å². The lowest BCUT2D eigenvalue weighted by atomic mass is 9.76. The maximum atomic E-state index is 11.7. The molecular weight excluding hydrogens is 352 g/mol. The van der Waals surface area contributed by atoms with E-state index in [9.17, 15) is 14.9 Å². The van der Waals surface area contributed by atoms with Crippen LogP contribution in [0.25, 0.3) is 0 Å². The van der Waals surface area contributed by atoms with E-state index in [-0.39, 0.29) is 34.4 Å². The second-order valence-corrected chi connectivity index (χ2v) is 7.21. The first-order valence-electron chi connectivity index (χ1n) is 8.47. The zero-order valence-electron chi connectivity index (χ0n) is 14.1. The zero-order chi connectivity index (χ0) is 18.4. The number of carbonyl (C=O) groups is 1. The standard InChI is InChI=1S/C20H17ClN2O3/c1-11(24)12-6-8-18-16(9-12)14-3-2-4-15(14)20(22-18)13-5-7-17(21)19(10-13)23(25)26/h2-3,5-10,14-15,20,22H,4H2,1H3. The average molecular weight is 369 g/mol. The molecule has 2 aromatic carbocycles. The Hall–Kier alpha value is -2.66. The summed E-state index contributed by atoms with van der Waals surface area (Å²) < 4.78 is 0. The number of fused-ring (bicyclic) bond motifs is 3. The van der Waals surface area contributed by atoms with Crippen molar-refractivity contribution in [3.05, 3.63) is 80.4 Å². The van der Waals surface area contributed by atoms with Gasteiger partial charge in [0.25, 0.3) is 5.69 Å². The van der Waals surface area contributed by atoms with Gasteiger partial charge in [0.2, 0.25) is 0 Å². The highest BCUT2D eigenvalue weighted by atomic mass is 35.5. The number of anilines is 1.